The summed E-state index contributed by atoms with van der Waals surface area (Å²) in [6, 6.07) is 5.81. The number of hydrogen-bond acceptors (Lipinski definition) is 2. The van der Waals surface area contributed by atoms with E-state index in [1.54, 1.807) is 0 Å². The first kappa shape index (κ1) is 9.63. The summed E-state index contributed by atoms with van der Waals surface area (Å²) in [4.78, 5) is 0. The molecule has 0 aliphatic carbocycles. The summed E-state index contributed by atoms with van der Waals surface area (Å²) in [5, 5.41) is 0. The minimum Gasteiger partial charge on any atom is -0.399 e. The smallest absolute Gasteiger partial charge is 0.0555 e. The Morgan fingerprint density at radius 3 is 2.77 bits per heavy atom. The van der Waals surface area contributed by atoms with Crippen LogP contribution in [-0.4, -0.2) is 6.54 Å². The van der Waals surface area contributed by atoms with E-state index in [4.69, 9.17) is 11.5 Å². The van der Waals surface area contributed by atoms with Crippen molar-refractivity contribution in [1.29, 1.82) is 0 Å². The fourth-order valence-corrected chi connectivity index (χ4v) is 1.14. The molecule has 0 aromatic heterocycles. The summed E-state index contributed by atoms with van der Waals surface area (Å²) >= 11 is 0. The van der Waals surface area contributed by atoms with E-state index < -0.39 is 0 Å². The Bertz CT molecular complexity index is 345. The van der Waals surface area contributed by atoms with Crippen molar-refractivity contribution in [3.05, 3.63) is 29.3 Å². The van der Waals surface area contributed by atoms with Crippen molar-refractivity contribution in [3.8, 4) is 11.8 Å². The molecule has 2 heteroatoms. The highest BCUT2D eigenvalue weighted by molar-refractivity contribution is 5.52. The van der Waals surface area contributed by atoms with Crippen molar-refractivity contribution < 1.29 is 0 Å². The van der Waals surface area contributed by atoms with Gasteiger partial charge in [0, 0.05) is 11.3 Å². The highest BCUT2D eigenvalue weighted by atomic mass is 14.6. The number of anilines is 1. The van der Waals surface area contributed by atoms with Gasteiger partial charge in [0.25, 0.3) is 0 Å². The maximum absolute atomic E-state index is 5.76. The van der Waals surface area contributed by atoms with Gasteiger partial charge < -0.3 is 11.5 Å². The topological polar surface area (TPSA) is 52.0 Å². The molecule has 2 nitrogen and oxygen atoms in total. The molecule has 1 rings (SSSR count). The number of aryl methyl sites for hydroxylation is 1. The lowest BCUT2D eigenvalue weighted by molar-refractivity contribution is 1.14. The van der Waals surface area contributed by atoms with Crippen molar-refractivity contribution in [1.82, 2.24) is 0 Å². The van der Waals surface area contributed by atoms with Gasteiger partial charge in [-0.15, -0.1) is 0 Å². The average Bonchev–Trinajstić information content (AvgIpc) is 2.16. The van der Waals surface area contributed by atoms with Crippen LogP contribution >= 0.6 is 0 Å². The summed E-state index contributed by atoms with van der Waals surface area (Å²) in [6.07, 6.45) is 0.935. The monoisotopic (exact) mass is 174 g/mol. The summed E-state index contributed by atoms with van der Waals surface area (Å²) in [7, 11) is 0. The molecule has 0 saturated carbocycles. The van der Waals surface area contributed by atoms with Crippen LogP contribution in [0.25, 0.3) is 0 Å². The highest BCUT2D eigenvalue weighted by Crippen LogP contribution is 2.13. The molecule has 4 N–H and O–H groups in total. The van der Waals surface area contributed by atoms with Crippen molar-refractivity contribution in [3.63, 3.8) is 0 Å². The molecule has 0 amide bonds. The zero-order chi connectivity index (χ0) is 9.68. The fourth-order valence-electron chi connectivity index (χ4n) is 1.14. The van der Waals surface area contributed by atoms with E-state index in [9.17, 15) is 0 Å². The maximum Gasteiger partial charge on any atom is 0.0555 e. The van der Waals surface area contributed by atoms with Gasteiger partial charge in [0.2, 0.25) is 0 Å². The van der Waals surface area contributed by atoms with Crippen LogP contribution in [0.2, 0.25) is 0 Å². The second-order valence-electron chi connectivity index (χ2n) is 2.77. The summed E-state index contributed by atoms with van der Waals surface area (Å²) in [5.74, 6) is 5.79. The molecule has 0 atom stereocenters. The lowest BCUT2D eigenvalue weighted by atomic mass is 10.1. The molecule has 0 radical (unpaired) electrons. The van der Waals surface area contributed by atoms with Crippen LogP contribution in [0.5, 0.6) is 0 Å². The Balaban J connectivity index is 2.99. The Kier molecular flexibility index (Phi) is 3.36. The molecule has 0 saturated heterocycles. The number of rotatable bonds is 1. The van der Waals surface area contributed by atoms with Gasteiger partial charge >= 0.3 is 0 Å². The molecule has 0 fully saturated rings. The second-order valence-corrected chi connectivity index (χ2v) is 2.77. The molecule has 0 bridgehead atoms. The SMILES string of the molecule is CCc1cc(C#CCN)ccc1N. The Morgan fingerprint density at radius 1 is 1.38 bits per heavy atom. The Morgan fingerprint density at radius 2 is 2.15 bits per heavy atom. The van der Waals surface area contributed by atoms with Crippen molar-refractivity contribution >= 4 is 5.69 Å². The predicted molar refractivity (Wildman–Crippen MR) is 56.2 cm³/mol. The third-order valence-electron chi connectivity index (χ3n) is 1.86. The van der Waals surface area contributed by atoms with E-state index in [1.807, 2.05) is 18.2 Å². The van der Waals surface area contributed by atoms with Crippen LogP contribution in [0.3, 0.4) is 0 Å². The fraction of sp³-hybridized carbons (Fsp3) is 0.273. The van der Waals surface area contributed by atoms with E-state index in [2.05, 4.69) is 18.8 Å². The van der Waals surface area contributed by atoms with Crippen LogP contribution in [0.1, 0.15) is 18.1 Å². The summed E-state index contributed by atoms with van der Waals surface area (Å²) in [6.45, 7) is 2.47. The highest BCUT2D eigenvalue weighted by Gasteiger charge is 1.96. The predicted octanol–water partition coefficient (Wildman–Crippen LogP) is 1.14. The first-order valence-electron chi connectivity index (χ1n) is 4.35. The van der Waals surface area contributed by atoms with Crippen LogP contribution in [0.4, 0.5) is 5.69 Å². The third-order valence-corrected chi connectivity index (χ3v) is 1.86. The van der Waals surface area contributed by atoms with E-state index in [0.717, 1.165) is 23.2 Å². The van der Waals surface area contributed by atoms with E-state index >= 15 is 0 Å². The summed E-state index contributed by atoms with van der Waals surface area (Å²) < 4.78 is 0. The van der Waals surface area contributed by atoms with Gasteiger partial charge in [0.05, 0.1) is 6.54 Å². The zero-order valence-electron chi connectivity index (χ0n) is 7.80. The summed E-state index contributed by atoms with van der Waals surface area (Å²) in [5.41, 5.74) is 14.0. The third kappa shape index (κ3) is 2.50. The molecule has 13 heavy (non-hydrogen) atoms. The average molecular weight is 174 g/mol. The zero-order valence-corrected chi connectivity index (χ0v) is 7.80. The minimum absolute atomic E-state index is 0.395. The largest absolute Gasteiger partial charge is 0.399 e. The maximum atomic E-state index is 5.76. The number of hydrogen-bond donors (Lipinski definition) is 2. The Hall–Kier alpha value is -1.46. The molecule has 0 aliphatic heterocycles. The molecule has 0 heterocycles. The minimum atomic E-state index is 0.395. The van der Waals surface area contributed by atoms with Crippen LogP contribution in [-0.2, 0) is 6.42 Å². The van der Waals surface area contributed by atoms with Gasteiger partial charge in [-0.1, -0.05) is 18.8 Å². The van der Waals surface area contributed by atoms with Crippen LogP contribution in [0.15, 0.2) is 18.2 Å². The lowest BCUT2D eigenvalue weighted by Crippen LogP contribution is -1.95. The molecule has 1 aromatic carbocycles. The molecular formula is C11H14N2. The van der Waals surface area contributed by atoms with E-state index in [-0.39, 0.29) is 0 Å². The number of nitrogens with two attached hydrogens (primary N) is 2. The van der Waals surface area contributed by atoms with Gasteiger partial charge in [-0.2, -0.15) is 0 Å². The van der Waals surface area contributed by atoms with Gasteiger partial charge in [0.15, 0.2) is 0 Å². The first-order valence-corrected chi connectivity index (χ1v) is 4.35. The van der Waals surface area contributed by atoms with E-state index in [0.29, 0.717) is 6.54 Å². The molecule has 0 spiro atoms. The molecule has 0 unspecified atom stereocenters. The van der Waals surface area contributed by atoms with Crippen LogP contribution in [0, 0.1) is 11.8 Å². The number of nitrogen functional groups attached to an aromatic ring is 1. The van der Waals surface area contributed by atoms with E-state index in [1.165, 1.54) is 0 Å². The Labute approximate surface area is 78.9 Å². The van der Waals surface area contributed by atoms with Gasteiger partial charge in [-0.05, 0) is 30.2 Å². The number of benzene rings is 1. The van der Waals surface area contributed by atoms with Crippen LogP contribution < -0.4 is 11.5 Å². The van der Waals surface area contributed by atoms with Crippen molar-refractivity contribution in [2.75, 3.05) is 12.3 Å². The molecule has 68 valence electrons. The quantitative estimate of drug-likeness (QED) is 0.495. The van der Waals surface area contributed by atoms with Gasteiger partial charge in [0.1, 0.15) is 0 Å². The van der Waals surface area contributed by atoms with Crippen molar-refractivity contribution in [2.45, 2.75) is 13.3 Å². The first-order chi connectivity index (χ1) is 6.27. The lowest BCUT2D eigenvalue weighted by Gasteiger charge is -2.02. The molecule has 0 aliphatic rings. The van der Waals surface area contributed by atoms with Gasteiger partial charge in [-0.25, -0.2) is 0 Å². The normalized spacial score (nSPS) is 9.08. The second kappa shape index (κ2) is 4.54. The van der Waals surface area contributed by atoms with Crippen molar-refractivity contribution in [2.24, 2.45) is 5.73 Å². The standard InChI is InChI=1S/C11H14N2/c1-2-10-8-9(4-3-7-12)5-6-11(10)13/h5-6,8H,2,7,12-13H2,1H3. The molecule has 1 aromatic rings. The van der Waals surface area contributed by atoms with Gasteiger partial charge in [-0.3, -0.25) is 0 Å². The molecular weight excluding hydrogens is 160 g/mol.